The summed E-state index contributed by atoms with van der Waals surface area (Å²) in [6, 6.07) is 3.79. The molecule has 23 heavy (non-hydrogen) atoms. The van der Waals surface area contributed by atoms with Gasteiger partial charge in [0.25, 0.3) is 0 Å². The van der Waals surface area contributed by atoms with Crippen LogP contribution in [-0.2, 0) is 0 Å². The molecule has 1 saturated heterocycles. The molecule has 2 heterocycles. The maximum atomic E-state index is 12.0. The normalized spacial score (nSPS) is 18.3. The van der Waals surface area contributed by atoms with Crippen LogP contribution in [0.5, 0.6) is 0 Å². The molecular weight excluding hydrogens is 294 g/mol. The number of carbonyl (C=O) groups is 1. The molecule has 130 valence electrons. The lowest BCUT2D eigenvalue weighted by Crippen LogP contribution is -2.44. The molecule has 1 aliphatic rings. The molecule has 3 N–H and O–H groups in total. The van der Waals surface area contributed by atoms with Crippen molar-refractivity contribution in [2.24, 2.45) is 5.92 Å². The summed E-state index contributed by atoms with van der Waals surface area (Å²) in [7, 11) is 0. The van der Waals surface area contributed by atoms with Gasteiger partial charge in [0, 0.05) is 19.7 Å². The highest BCUT2D eigenvalue weighted by Gasteiger charge is 2.24. The molecule has 6 heteroatoms. The Balaban J connectivity index is 1.82. The molecule has 2 atom stereocenters. The quantitative estimate of drug-likeness (QED) is 0.685. The van der Waals surface area contributed by atoms with Gasteiger partial charge < -0.3 is 20.2 Å². The Morgan fingerprint density at radius 3 is 2.70 bits per heavy atom. The Hall–Kier alpha value is -1.53. The Kier molecular flexibility index (Phi) is 7.42. The van der Waals surface area contributed by atoms with Crippen LogP contribution in [0.15, 0.2) is 22.8 Å². The summed E-state index contributed by atoms with van der Waals surface area (Å²) in [6.45, 7) is 5.36. The minimum atomic E-state index is -0.164. The van der Waals surface area contributed by atoms with Gasteiger partial charge in [0.2, 0.25) is 0 Å². The van der Waals surface area contributed by atoms with E-state index < -0.39 is 0 Å². The third-order valence-corrected chi connectivity index (χ3v) is 4.39. The number of urea groups is 1. The molecule has 2 unspecified atom stereocenters. The topological polar surface area (TPSA) is 77.7 Å². The van der Waals surface area contributed by atoms with E-state index in [0.29, 0.717) is 19.5 Å². The molecule has 0 aliphatic carbocycles. The van der Waals surface area contributed by atoms with E-state index in [4.69, 9.17) is 9.52 Å². The number of likely N-dealkylation sites (tertiary alicyclic amines) is 1. The number of nitrogens with zero attached hydrogens (tertiary/aromatic N) is 1. The Morgan fingerprint density at radius 1 is 1.30 bits per heavy atom. The molecule has 6 nitrogen and oxygen atoms in total. The summed E-state index contributed by atoms with van der Waals surface area (Å²) in [5.41, 5.74) is 0. The van der Waals surface area contributed by atoms with Crippen LogP contribution in [0.25, 0.3) is 0 Å². The van der Waals surface area contributed by atoms with Crippen molar-refractivity contribution in [1.82, 2.24) is 15.5 Å². The molecule has 0 saturated carbocycles. The van der Waals surface area contributed by atoms with Crippen molar-refractivity contribution >= 4 is 6.03 Å². The van der Waals surface area contributed by atoms with Gasteiger partial charge in [-0.3, -0.25) is 4.90 Å². The number of amides is 2. The van der Waals surface area contributed by atoms with Gasteiger partial charge in [-0.15, -0.1) is 0 Å². The molecule has 0 aromatic carbocycles. The number of nitrogens with one attached hydrogen (secondary N) is 2. The second kappa shape index (κ2) is 9.57. The second-order valence-electron chi connectivity index (χ2n) is 6.34. The van der Waals surface area contributed by atoms with E-state index in [0.717, 1.165) is 18.8 Å². The summed E-state index contributed by atoms with van der Waals surface area (Å²) < 4.78 is 5.57. The molecule has 1 aliphatic heterocycles. The highest BCUT2D eigenvalue weighted by molar-refractivity contribution is 5.73. The predicted octanol–water partition coefficient (Wildman–Crippen LogP) is 2.12. The van der Waals surface area contributed by atoms with Gasteiger partial charge >= 0.3 is 6.03 Å². The number of hydrogen-bond donors (Lipinski definition) is 3. The van der Waals surface area contributed by atoms with E-state index in [1.165, 1.54) is 19.3 Å². The first kappa shape index (κ1) is 17.8. The minimum absolute atomic E-state index is 0.0888. The van der Waals surface area contributed by atoms with Crippen molar-refractivity contribution in [1.29, 1.82) is 0 Å². The number of aliphatic hydroxyl groups is 1. The van der Waals surface area contributed by atoms with Gasteiger partial charge in [0.1, 0.15) is 5.76 Å². The van der Waals surface area contributed by atoms with Gasteiger partial charge in [0.15, 0.2) is 0 Å². The highest BCUT2D eigenvalue weighted by Crippen LogP contribution is 2.24. The molecule has 2 amide bonds. The van der Waals surface area contributed by atoms with E-state index in [-0.39, 0.29) is 24.6 Å². The fraction of sp³-hybridized carbons (Fsp3) is 0.706. The first-order valence-corrected chi connectivity index (χ1v) is 8.60. The number of piperidine rings is 1. The Labute approximate surface area is 138 Å². The van der Waals surface area contributed by atoms with Crippen LogP contribution in [0.1, 0.15) is 44.4 Å². The smallest absolute Gasteiger partial charge is 0.314 e. The fourth-order valence-corrected chi connectivity index (χ4v) is 2.96. The number of furan rings is 1. The average molecular weight is 323 g/mol. The Bertz CT molecular complexity index is 444. The zero-order valence-electron chi connectivity index (χ0n) is 14.0. The summed E-state index contributed by atoms with van der Waals surface area (Å²) in [4.78, 5) is 14.4. The van der Waals surface area contributed by atoms with Crippen molar-refractivity contribution in [2.45, 2.75) is 38.6 Å². The maximum absolute atomic E-state index is 12.0. The predicted molar refractivity (Wildman–Crippen MR) is 89.1 cm³/mol. The van der Waals surface area contributed by atoms with Crippen molar-refractivity contribution in [3.8, 4) is 0 Å². The SMILES string of the molecule is CC(CCO)CNC(=O)NCC(c1ccco1)N1CCCCC1. The summed E-state index contributed by atoms with van der Waals surface area (Å²) in [5.74, 6) is 1.18. The number of aliphatic hydroxyl groups excluding tert-OH is 1. The van der Waals surface area contributed by atoms with Crippen LogP contribution in [0.3, 0.4) is 0 Å². The fourth-order valence-electron chi connectivity index (χ4n) is 2.96. The van der Waals surface area contributed by atoms with Crippen LogP contribution in [0.2, 0.25) is 0 Å². The molecule has 1 aromatic rings. The van der Waals surface area contributed by atoms with Gasteiger partial charge in [-0.25, -0.2) is 4.79 Å². The van der Waals surface area contributed by atoms with Crippen molar-refractivity contribution in [2.75, 3.05) is 32.8 Å². The van der Waals surface area contributed by atoms with Crippen LogP contribution in [0.4, 0.5) is 4.79 Å². The van der Waals surface area contributed by atoms with Crippen molar-refractivity contribution in [3.05, 3.63) is 24.2 Å². The van der Waals surface area contributed by atoms with Gasteiger partial charge in [0.05, 0.1) is 12.3 Å². The summed E-state index contributed by atoms with van der Waals surface area (Å²) in [6.07, 6.45) is 6.05. The van der Waals surface area contributed by atoms with E-state index >= 15 is 0 Å². The summed E-state index contributed by atoms with van der Waals surface area (Å²) in [5, 5.41) is 14.7. The molecule has 1 fully saturated rings. The lowest BCUT2D eigenvalue weighted by Gasteiger charge is -2.33. The highest BCUT2D eigenvalue weighted by atomic mass is 16.3. The minimum Gasteiger partial charge on any atom is -0.468 e. The number of carbonyl (C=O) groups excluding carboxylic acids is 1. The van der Waals surface area contributed by atoms with Crippen LogP contribution >= 0.6 is 0 Å². The van der Waals surface area contributed by atoms with Crippen LogP contribution in [0, 0.1) is 5.92 Å². The molecule has 1 aromatic heterocycles. The first-order valence-electron chi connectivity index (χ1n) is 8.60. The summed E-state index contributed by atoms with van der Waals surface area (Å²) >= 11 is 0. The lowest BCUT2D eigenvalue weighted by molar-refractivity contribution is 0.143. The Morgan fingerprint density at radius 2 is 2.04 bits per heavy atom. The monoisotopic (exact) mass is 323 g/mol. The second-order valence-corrected chi connectivity index (χ2v) is 6.34. The van der Waals surface area contributed by atoms with Gasteiger partial charge in [-0.1, -0.05) is 13.3 Å². The van der Waals surface area contributed by atoms with Crippen molar-refractivity contribution < 1.29 is 14.3 Å². The standard InChI is InChI=1S/C17H29N3O3/c1-14(7-10-21)12-18-17(22)19-13-15(16-6-5-11-23-16)20-8-3-2-4-9-20/h5-6,11,14-15,21H,2-4,7-10,12-13H2,1H3,(H2,18,19,22). The molecule has 0 spiro atoms. The van der Waals surface area contributed by atoms with Crippen molar-refractivity contribution in [3.63, 3.8) is 0 Å². The number of rotatable bonds is 8. The zero-order chi connectivity index (χ0) is 16.5. The first-order chi connectivity index (χ1) is 11.2. The lowest BCUT2D eigenvalue weighted by atomic mass is 10.1. The maximum Gasteiger partial charge on any atom is 0.314 e. The van der Waals surface area contributed by atoms with E-state index in [9.17, 15) is 4.79 Å². The largest absolute Gasteiger partial charge is 0.468 e. The third kappa shape index (κ3) is 5.88. The number of hydrogen-bond acceptors (Lipinski definition) is 4. The zero-order valence-corrected chi connectivity index (χ0v) is 14.0. The molecule has 0 bridgehead atoms. The van der Waals surface area contributed by atoms with E-state index in [2.05, 4.69) is 15.5 Å². The third-order valence-electron chi connectivity index (χ3n) is 4.39. The van der Waals surface area contributed by atoms with Gasteiger partial charge in [-0.2, -0.15) is 0 Å². The molecular formula is C17H29N3O3. The van der Waals surface area contributed by atoms with Crippen LogP contribution in [-0.4, -0.2) is 48.8 Å². The van der Waals surface area contributed by atoms with Gasteiger partial charge in [-0.05, 0) is 50.4 Å². The molecule has 2 rings (SSSR count). The molecule has 0 radical (unpaired) electrons. The average Bonchev–Trinajstić information content (AvgIpc) is 3.09. The van der Waals surface area contributed by atoms with E-state index in [1.807, 2.05) is 19.1 Å². The van der Waals surface area contributed by atoms with Crippen LogP contribution < -0.4 is 10.6 Å². The van der Waals surface area contributed by atoms with E-state index in [1.54, 1.807) is 6.26 Å².